The summed E-state index contributed by atoms with van der Waals surface area (Å²) in [5.74, 6) is 1.19. The van der Waals surface area contributed by atoms with E-state index in [2.05, 4.69) is 23.9 Å². The lowest BCUT2D eigenvalue weighted by molar-refractivity contribution is -0.0445. The van der Waals surface area contributed by atoms with Crippen LogP contribution in [0.25, 0.3) is 0 Å². The van der Waals surface area contributed by atoms with Gasteiger partial charge in [-0.05, 0) is 11.3 Å². The van der Waals surface area contributed by atoms with Crippen LogP contribution in [0.2, 0.25) is 0 Å². The molecule has 104 valence electrons. The molecule has 1 rings (SSSR count). The standard InChI is InChI=1S/C13H25N3O2/c1-9(2)7-16-11(14-8-15-16)6-10(17)12(18)13(3,4)5/h8-10,12,17-18H,6-7H2,1-5H3. The molecule has 2 atom stereocenters. The number of hydrogen-bond donors (Lipinski definition) is 2. The van der Waals surface area contributed by atoms with Crippen LogP contribution in [0.3, 0.4) is 0 Å². The van der Waals surface area contributed by atoms with Crippen LogP contribution in [-0.4, -0.2) is 37.2 Å². The Hall–Kier alpha value is -0.940. The highest BCUT2D eigenvalue weighted by atomic mass is 16.3. The first kappa shape index (κ1) is 15.1. The minimum atomic E-state index is -0.819. The second-order valence-electron chi connectivity index (χ2n) is 6.33. The lowest BCUT2D eigenvalue weighted by atomic mass is 9.85. The molecule has 0 bridgehead atoms. The van der Waals surface area contributed by atoms with E-state index in [0.29, 0.717) is 12.3 Å². The van der Waals surface area contributed by atoms with E-state index in [1.54, 1.807) is 4.68 Å². The van der Waals surface area contributed by atoms with Gasteiger partial charge in [-0.15, -0.1) is 0 Å². The summed E-state index contributed by atoms with van der Waals surface area (Å²) in [7, 11) is 0. The van der Waals surface area contributed by atoms with Gasteiger partial charge < -0.3 is 10.2 Å². The van der Waals surface area contributed by atoms with E-state index in [1.165, 1.54) is 6.33 Å². The van der Waals surface area contributed by atoms with Gasteiger partial charge in [0.25, 0.3) is 0 Å². The molecule has 0 aliphatic heterocycles. The van der Waals surface area contributed by atoms with Gasteiger partial charge in [-0.25, -0.2) is 9.67 Å². The van der Waals surface area contributed by atoms with Gasteiger partial charge in [0.15, 0.2) is 0 Å². The smallest absolute Gasteiger partial charge is 0.138 e. The van der Waals surface area contributed by atoms with Gasteiger partial charge in [-0.3, -0.25) is 0 Å². The average Bonchev–Trinajstić information content (AvgIpc) is 2.62. The van der Waals surface area contributed by atoms with Crippen molar-refractivity contribution in [1.29, 1.82) is 0 Å². The third-order valence-corrected chi connectivity index (χ3v) is 2.88. The van der Waals surface area contributed by atoms with Crippen LogP contribution >= 0.6 is 0 Å². The number of aliphatic hydroxyl groups excluding tert-OH is 2. The number of nitrogens with zero attached hydrogens (tertiary/aromatic N) is 3. The minimum Gasteiger partial charge on any atom is -0.390 e. The van der Waals surface area contributed by atoms with Crippen LogP contribution in [0, 0.1) is 11.3 Å². The molecule has 0 saturated heterocycles. The lowest BCUT2D eigenvalue weighted by Crippen LogP contribution is -2.39. The fourth-order valence-corrected chi connectivity index (χ4v) is 1.82. The van der Waals surface area contributed by atoms with Crippen molar-refractivity contribution in [3.05, 3.63) is 12.2 Å². The molecule has 2 N–H and O–H groups in total. The second-order valence-corrected chi connectivity index (χ2v) is 6.33. The van der Waals surface area contributed by atoms with Crippen molar-refractivity contribution in [2.75, 3.05) is 0 Å². The molecule has 5 nitrogen and oxygen atoms in total. The molecular weight excluding hydrogens is 230 g/mol. The zero-order chi connectivity index (χ0) is 13.9. The highest BCUT2D eigenvalue weighted by Gasteiger charge is 2.30. The maximum Gasteiger partial charge on any atom is 0.138 e. The van der Waals surface area contributed by atoms with Crippen LogP contribution in [0.5, 0.6) is 0 Å². The minimum absolute atomic E-state index is 0.325. The van der Waals surface area contributed by atoms with E-state index >= 15 is 0 Å². The monoisotopic (exact) mass is 255 g/mol. The van der Waals surface area contributed by atoms with Crippen LogP contribution in [0.4, 0.5) is 0 Å². The first-order chi connectivity index (χ1) is 8.21. The SMILES string of the molecule is CC(C)Cn1ncnc1CC(O)C(O)C(C)(C)C. The third kappa shape index (κ3) is 4.07. The Bertz CT molecular complexity index is 369. The first-order valence-corrected chi connectivity index (χ1v) is 6.44. The molecule has 1 aromatic heterocycles. The van der Waals surface area contributed by atoms with Crippen molar-refractivity contribution in [1.82, 2.24) is 14.8 Å². The van der Waals surface area contributed by atoms with Crippen molar-refractivity contribution >= 4 is 0 Å². The summed E-state index contributed by atoms with van der Waals surface area (Å²) in [5, 5.41) is 24.2. The first-order valence-electron chi connectivity index (χ1n) is 6.44. The van der Waals surface area contributed by atoms with Gasteiger partial charge in [0.05, 0.1) is 12.2 Å². The predicted molar refractivity (Wildman–Crippen MR) is 70.0 cm³/mol. The van der Waals surface area contributed by atoms with Gasteiger partial charge in [-0.1, -0.05) is 34.6 Å². The maximum absolute atomic E-state index is 10.1. The Morgan fingerprint density at radius 3 is 2.39 bits per heavy atom. The van der Waals surface area contributed by atoms with Gasteiger partial charge in [0.1, 0.15) is 12.2 Å². The highest BCUT2D eigenvalue weighted by Crippen LogP contribution is 2.23. The quantitative estimate of drug-likeness (QED) is 0.830. The van der Waals surface area contributed by atoms with Crippen molar-refractivity contribution in [3.8, 4) is 0 Å². The fraction of sp³-hybridized carbons (Fsp3) is 0.846. The Balaban J connectivity index is 2.70. The molecule has 0 aliphatic carbocycles. The van der Waals surface area contributed by atoms with Crippen molar-refractivity contribution < 1.29 is 10.2 Å². The summed E-state index contributed by atoms with van der Waals surface area (Å²) in [6.45, 7) is 10.7. The second kappa shape index (κ2) is 5.80. The Morgan fingerprint density at radius 1 is 1.28 bits per heavy atom. The van der Waals surface area contributed by atoms with Crippen LogP contribution in [-0.2, 0) is 13.0 Å². The summed E-state index contributed by atoms with van der Waals surface area (Å²) in [6.07, 6.45) is 0.223. The molecule has 1 heterocycles. The van der Waals surface area contributed by atoms with E-state index in [1.807, 2.05) is 20.8 Å². The van der Waals surface area contributed by atoms with Gasteiger partial charge in [0.2, 0.25) is 0 Å². The van der Waals surface area contributed by atoms with Gasteiger partial charge in [0, 0.05) is 13.0 Å². The third-order valence-electron chi connectivity index (χ3n) is 2.88. The predicted octanol–water partition coefficient (Wildman–Crippen LogP) is 1.24. The topological polar surface area (TPSA) is 71.2 Å². The van der Waals surface area contributed by atoms with Gasteiger partial charge >= 0.3 is 0 Å². The van der Waals surface area contributed by atoms with E-state index in [9.17, 15) is 10.2 Å². The van der Waals surface area contributed by atoms with E-state index < -0.39 is 12.2 Å². The molecule has 0 aliphatic rings. The van der Waals surface area contributed by atoms with Crippen LogP contribution < -0.4 is 0 Å². The van der Waals surface area contributed by atoms with Crippen molar-refractivity contribution in [2.45, 2.75) is 59.8 Å². The number of aliphatic hydroxyl groups is 2. The molecule has 0 radical (unpaired) electrons. The molecule has 18 heavy (non-hydrogen) atoms. The Kier molecular flexibility index (Phi) is 4.87. The molecule has 0 aromatic carbocycles. The number of rotatable bonds is 5. The van der Waals surface area contributed by atoms with E-state index in [-0.39, 0.29) is 5.41 Å². The summed E-state index contributed by atoms with van der Waals surface area (Å²) in [6, 6.07) is 0. The molecule has 5 heteroatoms. The molecule has 0 spiro atoms. The van der Waals surface area contributed by atoms with Crippen molar-refractivity contribution in [2.24, 2.45) is 11.3 Å². The van der Waals surface area contributed by atoms with E-state index in [0.717, 1.165) is 12.4 Å². The lowest BCUT2D eigenvalue weighted by Gasteiger charge is -2.29. The average molecular weight is 255 g/mol. The molecular formula is C13H25N3O2. The van der Waals surface area contributed by atoms with Gasteiger partial charge in [-0.2, -0.15) is 5.10 Å². The van der Waals surface area contributed by atoms with Crippen molar-refractivity contribution in [3.63, 3.8) is 0 Å². The van der Waals surface area contributed by atoms with Crippen LogP contribution in [0.15, 0.2) is 6.33 Å². The number of hydrogen-bond acceptors (Lipinski definition) is 4. The fourth-order valence-electron chi connectivity index (χ4n) is 1.82. The van der Waals surface area contributed by atoms with E-state index in [4.69, 9.17) is 0 Å². The Morgan fingerprint density at radius 2 is 1.89 bits per heavy atom. The highest BCUT2D eigenvalue weighted by molar-refractivity contribution is 4.92. The Labute approximate surface area is 109 Å². The largest absolute Gasteiger partial charge is 0.390 e. The molecule has 2 unspecified atom stereocenters. The summed E-state index contributed by atoms with van der Waals surface area (Å²) in [5.41, 5.74) is -0.345. The van der Waals surface area contributed by atoms with Crippen LogP contribution in [0.1, 0.15) is 40.4 Å². The summed E-state index contributed by atoms with van der Waals surface area (Å²) < 4.78 is 1.79. The zero-order valence-electron chi connectivity index (χ0n) is 12.0. The molecule has 0 fully saturated rings. The zero-order valence-corrected chi connectivity index (χ0v) is 12.0. The molecule has 0 amide bonds. The molecule has 0 saturated carbocycles. The number of aromatic nitrogens is 3. The maximum atomic E-state index is 10.1. The molecule has 1 aromatic rings. The summed E-state index contributed by atoms with van der Waals surface area (Å²) >= 11 is 0. The normalized spacial score (nSPS) is 16.0. The summed E-state index contributed by atoms with van der Waals surface area (Å²) in [4.78, 5) is 4.15.